The monoisotopic (exact) mass is 351 g/mol. The van der Waals surface area contributed by atoms with E-state index in [2.05, 4.69) is 5.32 Å². The first-order chi connectivity index (χ1) is 9.45. The van der Waals surface area contributed by atoms with E-state index in [1.165, 1.54) is 18.2 Å². The first-order valence-corrected chi connectivity index (χ1v) is 7.23. The summed E-state index contributed by atoms with van der Waals surface area (Å²) in [5, 5.41) is 4.17. The quantitative estimate of drug-likeness (QED) is 0.685. The molecule has 0 aromatic heterocycles. The molecule has 2 aromatic rings. The number of nitrogens with one attached hydrogen (secondary N) is 1. The topological polar surface area (TPSA) is 12.0 Å². The van der Waals surface area contributed by atoms with Gasteiger partial charge < -0.3 is 5.32 Å². The second kappa shape index (κ2) is 6.50. The highest BCUT2D eigenvalue weighted by atomic mass is 35.5. The van der Waals surface area contributed by atoms with Crippen LogP contribution in [0.25, 0.3) is 11.1 Å². The van der Waals surface area contributed by atoms with Crippen LogP contribution in [0.3, 0.4) is 0 Å². The van der Waals surface area contributed by atoms with E-state index in [-0.39, 0.29) is 5.82 Å². The van der Waals surface area contributed by atoms with Gasteiger partial charge >= 0.3 is 0 Å². The van der Waals surface area contributed by atoms with Crippen molar-refractivity contribution in [1.82, 2.24) is 5.32 Å². The highest BCUT2D eigenvalue weighted by Gasteiger charge is 2.18. The molecule has 1 nitrogen and oxygen atoms in total. The van der Waals surface area contributed by atoms with Crippen molar-refractivity contribution in [2.75, 3.05) is 7.05 Å². The fraction of sp³-hybridized carbons (Fsp3) is 0.143. The van der Waals surface area contributed by atoms with Crippen molar-refractivity contribution in [1.29, 1.82) is 0 Å². The van der Waals surface area contributed by atoms with Gasteiger partial charge in [-0.15, -0.1) is 0 Å². The molecule has 1 N–H and O–H groups in total. The fourth-order valence-electron chi connectivity index (χ4n) is 1.95. The van der Waals surface area contributed by atoms with Crippen LogP contribution in [0.1, 0.15) is 5.56 Å². The van der Waals surface area contributed by atoms with Crippen LogP contribution >= 0.6 is 46.4 Å². The average molecular weight is 353 g/mol. The molecule has 0 aliphatic rings. The summed E-state index contributed by atoms with van der Waals surface area (Å²) in [5.74, 6) is -0.334. The van der Waals surface area contributed by atoms with Gasteiger partial charge in [0.2, 0.25) is 0 Å². The zero-order valence-corrected chi connectivity index (χ0v) is 13.4. The third-order valence-electron chi connectivity index (χ3n) is 2.82. The highest BCUT2D eigenvalue weighted by molar-refractivity contribution is 6.50. The lowest BCUT2D eigenvalue weighted by atomic mass is 9.99. The standard InChI is InChI=1S/C14H10Cl4FN/c1-20-6-7-4-8(19)2-3-9(7)12-13(17)10(15)5-11(16)14(12)18/h2-5,20H,6H2,1H3. The third kappa shape index (κ3) is 3.05. The summed E-state index contributed by atoms with van der Waals surface area (Å²) in [6.07, 6.45) is 0. The van der Waals surface area contributed by atoms with Crippen molar-refractivity contribution in [3.8, 4) is 11.1 Å². The molecule has 0 unspecified atom stereocenters. The molecule has 0 atom stereocenters. The molecule has 2 aromatic carbocycles. The average Bonchev–Trinajstić information content (AvgIpc) is 2.39. The van der Waals surface area contributed by atoms with Crippen LogP contribution < -0.4 is 5.32 Å². The Balaban J connectivity index is 2.74. The smallest absolute Gasteiger partial charge is 0.123 e. The van der Waals surface area contributed by atoms with Crippen molar-refractivity contribution in [2.24, 2.45) is 0 Å². The van der Waals surface area contributed by atoms with E-state index in [9.17, 15) is 4.39 Å². The van der Waals surface area contributed by atoms with Crippen LogP contribution in [-0.4, -0.2) is 7.05 Å². The van der Waals surface area contributed by atoms with E-state index in [4.69, 9.17) is 46.4 Å². The lowest BCUT2D eigenvalue weighted by Crippen LogP contribution is -2.07. The second-order valence-electron chi connectivity index (χ2n) is 4.17. The molecule has 0 fully saturated rings. The van der Waals surface area contributed by atoms with Crippen LogP contribution in [-0.2, 0) is 6.54 Å². The predicted octanol–water partition coefficient (Wildman–Crippen LogP) is 5.83. The number of benzene rings is 2. The lowest BCUT2D eigenvalue weighted by Gasteiger charge is -2.15. The Morgan fingerprint density at radius 1 is 1.00 bits per heavy atom. The molecule has 0 radical (unpaired) electrons. The highest BCUT2D eigenvalue weighted by Crippen LogP contribution is 2.44. The summed E-state index contributed by atoms with van der Waals surface area (Å²) in [4.78, 5) is 0. The van der Waals surface area contributed by atoms with E-state index >= 15 is 0 Å². The molecule has 0 saturated carbocycles. The third-order valence-corrected chi connectivity index (χ3v) is 4.39. The van der Waals surface area contributed by atoms with Gasteiger partial charge in [0.05, 0.1) is 20.1 Å². The van der Waals surface area contributed by atoms with E-state index in [0.717, 1.165) is 5.56 Å². The van der Waals surface area contributed by atoms with Gasteiger partial charge in [-0.1, -0.05) is 52.5 Å². The van der Waals surface area contributed by atoms with Gasteiger partial charge in [-0.25, -0.2) is 4.39 Å². The minimum absolute atomic E-state index is 0.296. The number of rotatable bonds is 3. The number of hydrogen-bond donors (Lipinski definition) is 1. The zero-order chi connectivity index (χ0) is 14.9. The maximum Gasteiger partial charge on any atom is 0.123 e. The summed E-state index contributed by atoms with van der Waals surface area (Å²) < 4.78 is 13.4. The van der Waals surface area contributed by atoms with Gasteiger partial charge in [0, 0.05) is 12.1 Å². The predicted molar refractivity (Wildman–Crippen MR) is 84.6 cm³/mol. The summed E-state index contributed by atoms with van der Waals surface area (Å²) in [6, 6.07) is 5.86. The maximum atomic E-state index is 13.4. The van der Waals surface area contributed by atoms with E-state index in [0.29, 0.717) is 37.8 Å². The molecule has 0 heterocycles. The Bertz CT molecular complexity index is 632. The Kier molecular flexibility index (Phi) is 5.16. The molecule has 0 amide bonds. The van der Waals surface area contributed by atoms with Crippen LogP contribution in [0.4, 0.5) is 4.39 Å². The molecule has 0 saturated heterocycles. The van der Waals surface area contributed by atoms with Crippen molar-refractivity contribution in [3.63, 3.8) is 0 Å². The van der Waals surface area contributed by atoms with Gasteiger partial charge in [0.25, 0.3) is 0 Å². The van der Waals surface area contributed by atoms with Gasteiger partial charge in [0.15, 0.2) is 0 Å². The minimum atomic E-state index is -0.334. The lowest BCUT2D eigenvalue weighted by molar-refractivity contribution is 0.624. The first kappa shape index (κ1) is 15.9. The molecule has 20 heavy (non-hydrogen) atoms. The second-order valence-corrected chi connectivity index (χ2v) is 5.75. The van der Waals surface area contributed by atoms with E-state index in [1.54, 1.807) is 13.1 Å². The van der Waals surface area contributed by atoms with Gasteiger partial charge in [-0.05, 0) is 36.4 Å². The number of hydrogen-bond acceptors (Lipinski definition) is 1. The van der Waals surface area contributed by atoms with Gasteiger partial charge in [-0.3, -0.25) is 0 Å². The first-order valence-electron chi connectivity index (χ1n) is 5.72. The zero-order valence-electron chi connectivity index (χ0n) is 10.4. The van der Waals surface area contributed by atoms with Gasteiger partial charge in [0.1, 0.15) is 5.82 Å². The SMILES string of the molecule is CNCc1cc(F)ccc1-c1c(Cl)c(Cl)cc(Cl)c1Cl. The molecule has 0 bridgehead atoms. The Morgan fingerprint density at radius 3 is 2.15 bits per heavy atom. The Hall–Kier alpha value is -0.510. The minimum Gasteiger partial charge on any atom is -0.316 e. The van der Waals surface area contributed by atoms with Crippen molar-refractivity contribution in [3.05, 3.63) is 55.7 Å². The van der Waals surface area contributed by atoms with Crippen LogP contribution in [0.15, 0.2) is 24.3 Å². The van der Waals surface area contributed by atoms with Crippen LogP contribution in [0.2, 0.25) is 20.1 Å². The Labute approximate surface area is 136 Å². The van der Waals surface area contributed by atoms with Gasteiger partial charge in [-0.2, -0.15) is 0 Å². The molecule has 106 valence electrons. The molecule has 0 aliphatic carbocycles. The van der Waals surface area contributed by atoms with E-state index < -0.39 is 0 Å². The largest absolute Gasteiger partial charge is 0.316 e. The fourth-order valence-corrected chi connectivity index (χ4v) is 2.97. The molecule has 0 spiro atoms. The van der Waals surface area contributed by atoms with Crippen LogP contribution in [0.5, 0.6) is 0 Å². The summed E-state index contributed by atoms with van der Waals surface area (Å²) in [6.45, 7) is 0.462. The molecular weight excluding hydrogens is 343 g/mol. The van der Waals surface area contributed by atoms with E-state index in [1.807, 2.05) is 0 Å². The number of halogens is 5. The van der Waals surface area contributed by atoms with Crippen molar-refractivity contribution < 1.29 is 4.39 Å². The van der Waals surface area contributed by atoms with Crippen molar-refractivity contribution >= 4 is 46.4 Å². The summed E-state index contributed by atoms with van der Waals surface area (Å²) in [5.41, 5.74) is 1.92. The molecule has 2 rings (SSSR count). The summed E-state index contributed by atoms with van der Waals surface area (Å²) in [7, 11) is 1.77. The molecule has 0 aliphatic heterocycles. The molecule has 6 heteroatoms. The van der Waals surface area contributed by atoms with Crippen LogP contribution in [0, 0.1) is 5.82 Å². The van der Waals surface area contributed by atoms with Crippen molar-refractivity contribution in [2.45, 2.75) is 6.54 Å². The summed E-state index contributed by atoms with van der Waals surface area (Å²) >= 11 is 24.5. The Morgan fingerprint density at radius 2 is 1.60 bits per heavy atom. The maximum absolute atomic E-state index is 13.4. The molecular formula is C14H10Cl4FN. The normalized spacial score (nSPS) is 10.9.